The van der Waals surface area contributed by atoms with Gasteiger partial charge >= 0.3 is 0 Å². The second-order valence-electron chi connectivity index (χ2n) is 4.42. The van der Waals surface area contributed by atoms with E-state index in [4.69, 9.17) is 0 Å². The number of nitrogens with one attached hydrogen (secondary N) is 2. The number of benzene rings is 1. The third-order valence-corrected chi connectivity index (χ3v) is 2.93. The molecule has 0 spiro atoms. The van der Waals surface area contributed by atoms with Gasteiger partial charge in [0.2, 0.25) is 5.91 Å². The fourth-order valence-corrected chi connectivity index (χ4v) is 1.88. The lowest BCUT2D eigenvalue weighted by Gasteiger charge is -2.12. The van der Waals surface area contributed by atoms with E-state index in [0.717, 1.165) is 12.1 Å². The maximum absolute atomic E-state index is 13.5. The summed E-state index contributed by atoms with van der Waals surface area (Å²) in [6.45, 7) is 1.77. The number of aryl methyl sites for hydroxylation is 1. The van der Waals surface area contributed by atoms with Crippen LogP contribution in [-0.4, -0.2) is 29.7 Å². The van der Waals surface area contributed by atoms with Gasteiger partial charge in [0.05, 0.1) is 17.8 Å². The van der Waals surface area contributed by atoms with E-state index in [1.54, 1.807) is 0 Å². The Kier molecular flexibility index (Phi) is 3.58. The molecule has 1 saturated heterocycles. The lowest BCUT2D eigenvalue weighted by atomic mass is 10.1. The largest absolute Gasteiger partial charge is 0.392 e. The van der Waals surface area contributed by atoms with Gasteiger partial charge in [-0.2, -0.15) is 0 Å². The molecule has 18 heavy (non-hydrogen) atoms. The first-order valence-electron chi connectivity index (χ1n) is 5.65. The number of amides is 1. The van der Waals surface area contributed by atoms with Gasteiger partial charge in [0, 0.05) is 12.6 Å². The number of carbonyl (C=O) groups excluding carboxylic acids is 1. The van der Waals surface area contributed by atoms with Crippen molar-refractivity contribution in [3.63, 3.8) is 0 Å². The van der Waals surface area contributed by atoms with E-state index in [1.807, 2.05) is 0 Å². The zero-order valence-electron chi connectivity index (χ0n) is 9.84. The van der Waals surface area contributed by atoms with Crippen molar-refractivity contribution in [3.05, 3.63) is 29.3 Å². The molecule has 1 amide bonds. The van der Waals surface area contributed by atoms with Crippen LogP contribution in [-0.2, 0) is 4.79 Å². The molecule has 6 heteroatoms. The highest BCUT2D eigenvalue weighted by Crippen LogP contribution is 2.19. The minimum absolute atomic E-state index is 0.180. The maximum Gasteiger partial charge on any atom is 0.241 e. The minimum Gasteiger partial charge on any atom is -0.392 e. The lowest BCUT2D eigenvalue weighted by molar-refractivity contribution is -0.118. The topological polar surface area (TPSA) is 61.4 Å². The molecule has 3 N–H and O–H groups in total. The van der Waals surface area contributed by atoms with Gasteiger partial charge in [-0.15, -0.1) is 0 Å². The Morgan fingerprint density at radius 3 is 2.78 bits per heavy atom. The predicted molar refractivity (Wildman–Crippen MR) is 62.1 cm³/mol. The summed E-state index contributed by atoms with van der Waals surface area (Å²) < 4.78 is 26.8. The summed E-state index contributed by atoms with van der Waals surface area (Å²) in [5.74, 6) is -1.74. The molecule has 1 aromatic carbocycles. The van der Waals surface area contributed by atoms with E-state index in [1.165, 1.54) is 6.92 Å². The third kappa shape index (κ3) is 2.65. The van der Waals surface area contributed by atoms with Gasteiger partial charge in [-0.05, 0) is 25.0 Å². The molecule has 0 radical (unpaired) electrons. The van der Waals surface area contributed by atoms with Crippen LogP contribution in [0.4, 0.5) is 14.5 Å². The molecule has 2 rings (SSSR count). The van der Waals surface area contributed by atoms with Gasteiger partial charge in [0.15, 0.2) is 0 Å². The van der Waals surface area contributed by atoms with Crippen molar-refractivity contribution in [2.45, 2.75) is 25.5 Å². The molecule has 1 fully saturated rings. The van der Waals surface area contributed by atoms with Gasteiger partial charge < -0.3 is 15.7 Å². The fourth-order valence-electron chi connectivity index (χ4n) is 1.88. The zero-order valence-corrected chi connectivity index (χ0v) is 9.84. The molecule has 1 aliphatic heterocycles. The number of β-amino-alcohol motifs (C(OH)–C–C–N with tert-alkyl or cyclic N) is 1. The zero-order chi connectivity index (χ0) is 13.3. The predicted octanol–water partition coefficient (Wildman–Crippen LogP) is 0.935. The first-order chi connectivity index (χ1) is 8.47. The summed E-state index contributed by atoms with van der Waals surface area (Å²) >= 11 is 0. The fraction of sp³-hybridized carbons (Fsp3) is 0.417. The van der Waals surface area contributed by atoms with Gasteiger partial charge in [0.25, 0.3) is 0 Å². The number of aliphatic hydroxyl groups is 1. The Balaban J connectivity index is 2.09. The van der Waals surface area contributed by atoms with Crippen molar-refractivity contribution in [1.82, 2.24) is 5.32 Å². The monoisotopic (exact) mass is 256 g/mol. The Labute approximate surface area is 103 Å². The van der Waals surface area contributed by atoms with Crippen molar-refractivity contribution >= 4 is 11.6 Å². The summed E-state index contributed by atoms with van der Waals surface area (Å²) in [6.07, 6.45) is -0.317. The standard InChI is InChI=1S/C12H14F2N2O2/c1-6-2-9(14)10(4-8(6)13)16-12(18)11-3-7(17)5-15-11/h2,4,7,11,15,17H,3,5H2,1H3,(H,16,18). The number of halogens is 2. The Morgan fingerprint density at radius 2 is 2.17 bits per heavy atom. The second kappa shape index (κ2) is 4.99. The van der Waals surface area contributed by atoms with Crippen molar-refractivity contribution in [2.75, 3.05) is 11.9 Å². The normalized spacial score (nSPS) is 23.1. The van der Waals surface area contributed by atoms with E-state index in [2.05, 4.69) is 10.6 Å². The summed E-state index contributed by atoms with van der Waals surface area (Å²) in [4.78, 5) is 11.7. The highest BCUT2D eigenvalue weighted by atomic mass is 19.1. The Bertz CT molecular complexity index is 479. The Hall–Kier alpha value is -1.53. The SMILES string of the molecule is Cc1cc(F)c(NC(=O)C2CC(O)CN2)cc1F. The molecule has 0 saturated carbocycles. The molecule has 98 valence electrons. The molecule has 2 atom stereocenters. The number of hydrogen-bond donors (Lipinski definition) is 3. The molecule has 1 aromatic rings. The molecule has 0 aromatic heterocycles. The van der Waals surface area contributed by atoms with E-state index in [0.29, 0.717) is 6.54 Å². The first-order valence-corrected chi connectivity index (χ1v) is 5.65. The molecular weight excluding hydrogens is 242 g/mol. The Morgan fingerprint density at radius 1 is 1.44 bits per heavy atom. The van der Waals surface area contributed by atoms with Crippen LogP contribution in [0, 0.1) is 18.6 Å². The van der Waals surface area contributed by atoms with E-state index in [-0.39, 0.29) is 17.7 Å². The number of carbonyl (C=O) groups is 1. The molecule has 1 heterocycles. The van der Waals surface area contributed by atoms with Crippen LogP contribution in [0.25, 0.3) is 0 Å². The van der Waals surface area contributed by atoms with Crippen LogP contribution >= 0.6 is 0 Å². The van der Waals surface area contributed by atoms with Crippen LogP contribution in [0.15, 0.2) is 12.1 Å². The maximum atomic E-state index is 13.5. The van der Waals surface area contributed by atoms with Crippen LogP contribution in [0.1, 0.15) is 12.0 Å². The summed E-state index contributed by atoms with van der Waals surface area (Å²) in [6, 6.07) is 1.40. The first kappa shape index (κ1) is 12.9. The molecule has 4 nitrogen and oxygen atoms in total. The van der Waals surface area contributed by atoms with Gasteiger partial charge in [-0.25, -0.2) is 8.78 Å². The van der Waals surface area contributed by atoms with E-state index >= 15 is 0 Å². The summed E-state index contributed by atoms with van der Waals surface area (Å²) in [5, 5.41) is 14.4. The number of aliphatic hydroxyl groups excluding tert-OH is 1. The average Bonchev–Trinajstić information content (AvgIpc) is 2.73. The van der Waals surface area contributed by atoms with E-state index in [9.17, 15) is 18.7 Å². The molecule has 1 aliphatic rings. The second-order valence-corrected chi connectivity index (χ2v) is 4.42. The molecule has 2 unspecified atom stereocenters. The van der Waals surface area contributed by atoms with Crippen LogP contribution in [0.2, 0.25) is 0 Å². The molecule has 0 aliphatic carbocycles. The van der Waals surface area contributed by atoms with Gasteiger partial charge in [0.1, 0.15) is 11.6 Å². The quantitative estimate of drug-likeness (QED) is 0.738. The summed E-state index contributed by atoms with van der Waals surface area (Å²) in [5.41, 5.74) is -0.00815. The number of hydrogen-bond acceptors (Lipinski definition) is 3. The highest BCUT2D eigenvalue weighted by Gasteiger charge is 2.28. The third-order valence-electron chi connectivity index (χ3n) is 2.93. The van der Waals surface area contributed by atoms with Gasteiger partial charge in [-0.3, -0.25) is 4.79 Å². The number of anilines is 1. The van der Waals surface area contributed by atoms with Crippen molar-refractivity contribution in [1.29, 1.82) is 0 Å². The van der Waals surface area contributed by atoms with Crippen LogP contribution in [0.5, 0.6) is 0 Å². The van der Waals surface area contributed by atoms with Gasteiger partial charge in [-0.1, -0.05) is 0 Å². The van der Waals surface area contributed by atoms with Crippen molar-refractivity contribution in [3.8, 4) is 0 Å². The average molecular weight is 256 g/mol. The molecular formula is C12H14F2N2O2. The smallest absolute Gasteiger partial charge is 0.241 e. The van der Waals surface area contributed by atoms with Crippen LogP contribution in [0.3, 0.4) is 0 Å². The molecule has 0 bridgehead atoms. The van der Waals surface area contributed by atoms with E-state index < -0.39 is 29.7 Å². The summed E-state index contributed by atoms with van der Waals surface area (Å²) in [7, 11) is 0. The lowest BCUT2D eigenvalue weighted by Crippen LogP contribution is -2.35. The van der Waals surface area contributed by atoms with Crippen molar-refractivity contribution in [2.24, 2.45) is 0 Å². The van der Waals surface area contributed by atoms with Crippen molar-refractivity contribution < 1.29 is 18.7 Å². The van der Waals surface area contributed by atoms with Crippen LogP contribution < -0.4 is 10.6 Å². The highest BCUT2D eigenvalue weighted by molar-refractivity contribution is 5.95. The minimum atomic E-state index is -0.680. The number of rotatable bonds is 2.